The summed E-state index contributed by atoms with van der Waals surface area (Å²) in [6.45, 7) is 1.58. The van der Waals surface area contributed by atoms with Gasteiger partial charge in [0.25, 0.3) is 11.6 Å². The first-order chi connectivity index (χ1) is 9.11. The number of hydrogen-bond acceptors (Lipinski definition) is 4. The molecule has 0 saturated carbocycles. The SMILES string of the molecule is O=C(c1ccc([N+](=O)[O-])cc1)N1CCOC(CBr)C1. The molecule has 1 heterocycles. The fourth-order valence-electron chi connectivity index (χ4n) is 1.91. The Hall–Kier alpha value is -1.47. The van der Waals surface area contributed by atoms with Crippen LogP contribution in [0.1, 0.15) is 10.4 Å². The van der Waals surface area contributed by atoms with Crippen molar-refractivity contribution in [2.45, 2.75) is 6.10 Å². The number of ether oxygens (including phenoxy) is 1. The van der Waals surface area contributed by atoms with Crippen LogP contribution in [0.5, 0.6) is 0 Å². The van der Waals surface area contributed by atoms with Crippen LogP contribution in [0.2, 0.25) is 0 Å². The van der Waals surface area contributed by atoms with E-state index in [1.807, 2.05) is 0 Å². The van der Waals surface area contributed by atoms with E-state index in [0.29, 0.717) is 30.6 Å². The van der Waals surface area contributed by atoms with Gasteiger partial charge in [-0.05, 0) is 12.1 Å². The lowest BCUT2D eigenvalue weighted by atomic mass is 10.1. The number of morpholine rings is 1. The molecule has 1 saturated heterocycles. The van der Waals surface area contributed by atoms with Gasteiger partial charge in [-0.15, -0.1) is 0 Å². The number of rotatable bonds is 3. The number of nitro benzene ring substituents is 1. The van der Waals surface area contributed by atoms with Gasteiger partial charge >= 0.3 is 0 Å². The molecule has 19 heavy (non-hydrogen) atoms. The average Bonchev–Trinajstić information content (AvgIpc) is 2.46. The van der Waals surface area contributed by atoms with E-state index < -0.39 is 4.92 Å². The lowest BCUT2D eigenvalue weighted by Crippen LogP contribution is -2.46. The number of nitrogens with zero attached hydrogens (tertiary/aromatic N) is 2. The Morgan fingerprint density at radius 2 is 2.16 bits per heavy atom. The Kier molecular flexibility index (Phi) is 4.49. The first kappa shape index (κ1) is 14.0. The van der Waals surface area contributed by atoms with E-state index in [4.69, 9.17) is 4.74 Å². The summed E-state index contributed by atoms with van der Waals surface area (Å²) in [6, 6.07) is 5.66. The minimum absolute atomic E-state index is 0.00394. The van der Waals surface area contributed by atoms with Gasteiger partial charge in [0, 0.05) is 36.1 Å². The summed E-state index contributed by atoms with van der Waals surface area (Å²) >= 11 is 3.33. The molecule has 0 aliphatic carbocycles. The number of nitro groups is 1. The van der Waals surface area contributed by atoms with Crippen molar-refractivity contribution in [1.29, 1.82) is 0 Å². The summed E-state index contributed by atoms with van der Waals surface area (Å²) in [5, 5.41) is 11.2. The number of benzene rings is 1. The molecule has 0 N–H and O–H groups in total. The smallest absolute Gasteiger partial charge is 0.269 e. The van der Waals surface area contributed by atoms with Gasteiger partial charge in [0.05, 0.1) is 17.6 Å². The zero-order chi connectivity index (χ0) is 13.8. The summed E-state index contributed by atoms with van der Waals surface area (Å²) in [6.07, 6.45) is -0.00394. The van der Waals surface area contributed by atoms with E-state index in [1.54, 1.807) is 4.90 Å². The third-order valence-electron chi connectivity index (χ3n) is 2.92. The van der Waals surface area contributed by atoms with Gasteiger partial charge in [0.15, 0.2) is 0 Å². The Morgan fingerprint density at radius 1 is 1.47 bits per heavy atom. The van der Waals surface area contributed by atoms with E-state index in [1.165, 1.54) is 24.3 Å². The highest BCUT2D eigenvalue weighted by molar-refractivity contribution is 9.09. The molecular weight excluding hydrogens is 316 g/mol. The van der Waals surface area contributed by atoms with Crippen molar-refractivity contribution in [3.8, 4) is 0 Å². The minimum Gasteiger partial charge on any atom is -0.374 e. The van der Waals surface area contributed by atoms with Crippen LogP contribution in [0.15, 0.2) is 24.3 Å². The fourth-order valence-corrected chi connectivity index (χ4v) is 2.30. The number of non-ortho nitro benzene ring substituents is 1. The molecule has 1 aliphatic heterocycles. The van der Waals surface area contributed by atoms with Gasteiger partial charge in [-0.3, -0.25) is 14.9 Å². The van der Waals surface area contributed by atoms with Crippen LogP contribution in [0.4, 0.5) is 5.69 Å². The molecule has 1 atom stereocenters. The van der Waals surface area contributed by atoms with Gasteiger partial charge in [-0.1, -0.05) is 15.9 Å². The van der Waals surface area contributed by atoms with E-state index in [2.05, 4.69) is 15.9 Å². The van der Waals surface area contributed by atoms with Gasteiger partial charge in [-0.25, -0.2) is 0 Å². The van der Waals surface area contributed by atoms with E-state index in [0.717, 1.165) is 0 Å². The second kappa shape index (κ2) is 6.12. The molecule has 0 radical (unpaired) electrons. The lowest BCUT2D eigenvalue weighted by Gasteiger charge is -2.32. The average molecular weight is 329 g/mol. The third kappa shape index (κ3) is 3.30. The lowest BCUT2D eigenvalue weighted by molar-refractivity contribution is -0.384. The van der Waals surface area contributed by atoms with Crippen LogP contribution in [-0.2, 0) is 4.74 Å². The molecule has 6 nitrogen and oxygen atoms in total. The van der Waals surface area contributed by atoms with Crippen molar-refractivity contribution >= 4 is 27.5 Å². The van der Waals surface area contributed by atoms with Gasteiger partial charge < -0.3 is 9.64 Å². The number of alkyl halides is 1. The van der Waals surface area contributed by atoms with Crippen molar-refractivity contribution in [3.05, 3.63) is 39.9 Å². The molecule has 0 bridgehead atoms. The third-order valence-corrected chi connectivity index (χ3v) is 3.65. The molecule has 1 fully saturated rings. The molecule has 0 spiro atoms. The Morgan fingerprint density at radius 3 is 2.74 bits per heavy atom. The topological polar surface area (TPSA) is 72.7 Å². The monoisotopic (exact) mass is 328 g/mol. The first-order valence-electron chi connectivity index (χ1n) is 5.83. The highest BCUT2D eigenvalue weighted by Crippen LogP contribution is 2.15. The van der Waals surface area contributed by atoms with Crippen LogP contribution >= 0.6 is 15.9 Å². The maximum Gasteiger partial charge on any atom is 0.269 e. The molecule has 1 aromatic carbocycles. The molecule has 1 unspecified atom stereocenters. The summed E-state index contributed by atoms with van der Waals surface area (Å²) in [4.78, 5) is 24.0. The zero-order valence-electron chi connectivity index (χ0n) is 10.1. The van der Waals surface area contributed by atoms with E-state index in [9.17, 15) is 14.9 Å². The summed E-state index contributed by atoms with van der Waals surface area (Å²) in [5.41, 5.74) is 0.442. The number of carbonyl (C=O) groups is 1. The number of amides is 1. The van der Waals surface area contributed by atoms with Crippen LogP contribution in [0.3, 0.4) is 0 Å². The molecule has 0 aromatic heterocycles. The second-order valence-corrected chi connectivity index (χ2v) is 4.85. The number of hydrogen-bond donors (Lipinski definition) is 0. The first-order valence-corrected chi connectivity index (χ1v) is 6.95. The quantitative estimate of drug-likeness (QED) is 0.482. The largest absolute Gasteiger partial charge is 0.374 e. The van der Waals surface area contributed by atoms with E-state index in [-0.39, 0.29) is 17.7 Å². The maximum atomic E-state index is 12.2. The van der Waals surface area contributed by atoms with Gasteiger partial charge in [0.2, 0.25) is 0 Å². The van der Waals surface area contributed by atoms with Crippen molar-refractivity contribution in [3.63, 3.8) is 0 Å². The molecule has 7 heteroatoms. The van der Waals surface area contributed by atoms with Crippen LogP contribution in [-0.4, -0.2) is 46.9 Å². The standard InChI is InChI=1S/C12H13BrN2O4/c13-7-11-8-14(5-6-19-11)12(16)9-1-3-10(4-2-9)15(17)18/h1-4,11H,5-8H2. The zero-order valence-corrected chi connectivity index (χ0v) is 11.7. The number of carbonyl (C=O) groups excluding carboxylic acids is 1. The Bertz CT molecular complexity index is 477. The van der Waals surface area contributed by atoms with Crippen LogP contribution in [0, 0.1) is 10.1 Å². The van der Waals surface area contributed by atoms with Crippen molar-refractivity contribution < 1.29 is 14.5 Å². The van der Waals surface area contributed by atoms with Crippen molar-refractivity contribution in [2.24, 2.45) is 0 Å². The Labute approximate surface area is 118 Å². The van der Waals surface area contributed by atoms with Crippen molar-refractivity contribution in [1.82, 2.24) is 4.90 Å². The van der Waals surface area contributed by atoms with Gasteiger partial charge in [-0.2, -0.15) is 0 Å². The molecule has 102 valence electrons. The predicted molar refractivity (Wildman–Crippen MR) is 72.5 cm³/mol. The summed E-state index contributed by atoms with van der Waals surface area (Å²) in [5.74, 6) is -0.121. The Balaban J connectivity index is 2.08. The minimum atomic E-state index is -0.482. The molecular formula is C12H13BrN2O4. The van der Waals surface area contributed by atoms with Crippen LogP contribution < -0.4 is 0 Å². The molecule has 1 aromatic rings. The number of halogens is 1. The van der Waals surface area contributed by atoms with Gasteiger partial charge in [0.1, 0.15) is 0 Å². The highest BCUT2D eigenvalue weighted by Gasteiger charge is 2.24. The fraction of sp³-hybridized carbons (Fsp3) is 0.417. The molecule has 2 rings (SSSR count). The summed E-state index contributed by atoms with van der Waals surface area (Å²) < 4.78 is 5.46. The summed E-state index contributed by atoms with van der Waals surface area (Å²) in [7, 11) is 0. The molecule has 1 aliphatic rings. The van der Waals surface area contributed by atoms with E-state index >= 15 is 0 Å². The van der Waals surface area contributed by atoms with Crippen LogP contribution in [0.25, 0.3) is 0 Å². The maximum absolute atomic E-state index is 12.2. The normalized spacial score (nSPS) is 19.2. The highest BCUT2D eigenvalue weighted by atomic mass is 79.9. The second-order valence-electron chi connectivity index (χ2n) is 4.20. The molecule has 1 amide bonds. The predicted octanol–water partition coefficient (Wildman–Crippen LogP) is 1.83. The van der Waals surface area contributed by atoms with Crippen molar-refractivity contribution in [2.75, 3.05) is 25.0 Å².